The van der Waals surface area contributed by atoms with Crippen LogP contribution in [0, 0.1) is 19.7 Å². The molecule has 0 saturated heterocycles. The molecule has 0 bridgehead atoms. The molecule has 4 heteroatoms. The van der Waals surface area contributed by atoms with Crippen molar-refractivity contribution in [3.05, 3.63) is 34.6 Å². The molecule has 0 aliphatic heterocycles. The van der Waals surface area contributed by atoms with Gasteiger partial charge in [-0.25, -0.2) is 9.37 Å². The zero-order valence-corrected chi connectivity index (χ0v) is 9.36. The first-order chi connectivity index (χ1) is 7.08. The fraction of sp³-hybridized carbons (Fsp3) is 0.182. The summed E-state index contributed by atoms with van der Waals surface area (Å²) in [4.78, 5) is 4.28. The van der Waals surface area contributed by atoms with Crippen LogP contribution in [0.4, 0.5) is 9.39 Å². The maximum atomic E-state index is 13.3. The molecule has 2 nitrogen and oxygen atoms in total. The molecule has 1 aromatic carbocycles. The van der Waals surface area contributed by atoms with E-state index in [2.05, 4.69) is 4.98 Å². The summed E-state index contributed by atoms with van der Waals surface area (Å²) in [5, 5.41) is 1.53. The highest BCUT2D eigenvalue weighted by Gasteiger charge is 2.09. The van der Waals surface area contributed by atoms with Gasteiger partial charge >= 0.3 is 0 Å². The van der Waals surface area contributed by atoms with E-state index in [-0.39, 0.29) is 5.82 Å². The van der Waals surface area contributed by atoms with Crippen molar-refractivity contribution in [1.82, 2.24) is 4.98 Å². The SMILES string of the molecule is Cc1nc(-c2ccc(C)c(F)c2)c(N)s1. The highest BCUT2D eigenvalue weighted by Crippen LogP contribution is 2.30. The van der Waals surface area contributed by atoms with E-state index in [9.17, 15) is 4.39 Å². The van der Waals surface area contributed by atoms with Gasteiger partial charge in [0.2, 0.25) is 0 Å². The lowest BCUT2D eigenvalue weighted by atomic mass is 10.1. The van der Waals surface area contributed by atoms with Crippen LogP contribution in [-0.4, -0.2) is 4.98 Å². The van der Waals surface area contributed by atoms with Crippen molar-refractivity contribution in [1.29, 1.82) is 0 Å². The lowest BCUT2D eigenvalue weighted by molar-refractivity contribution is 0.619. The second-order valence-electron chi connectivity index (χ2n) is 3.41. The Hall–Kier alpha value is -1.42. The minimum absolute atomic E-state index is 0.224. The molecule has 15 heavy (non-hydrogen) atoms. The van der Waals surface area contributed by atoms with Gasteiger partial charge in [0.15, 0.2) is 0 Å². The highest BCUT2D eigenvalue weighted by atomic mass is 32.1. The fourth-order valence-electron chi connectivity index (χ4n) is 1.39. The summed E-state index contributed by atoms with van der Waals surface area (Å²) in [5.74, 6) is -0.224. The van der Waals surface area contributed by atoms with E-state index < -0.39 is 0 Å². The molecule has 78 valence electrons. The maximum absolute atomic E-state index is 13.3. The highest BCUT2D eigenvalue weighted by molar-refractivity contribution is 7.16. The molecular weight excluding hydrogens is 211 g/mol. The van der Waals surface area contributed by atoms with Crippen molar-refractivity contribution in [3.63, 3.8) is 0 Å². The predicted molar refractivity (Wildman–Crippen MR) is 61.4 cm³/mol. The Labute approximate surface area is 91.6 Å². The monoisotopic (exact) mass is 222 g/mol. The average molecular weight is 222 g/mol. The van der Waals surface area contributed by atoms with Crippen LogP contribution in [0.25, 0.3) is 11.3 Å². The van der Waals surface area contributed by atoms with Crippen LogP contribution in [0.2, 0.25) is 0 Å². The maximum Gasteiger partial charge on any atom is 0.126 e. The molecule has 0 aliphatic carbocycles. The van der Waals surface area contributed by atoms with Crippen LogP contribution in [-0.2, 0) is 0 Å². The summed E-state index contributed by atoms with van der Waals surface area (Å²) < 4.78 is 13.3. The number of aryl methyl sites for hydroxylation is 2. The van der Waals surface area contributed by atoms with Crippen molar-refractivity contribution in [2.45, 2.75) is 13.8 Å². The Morgan fingerprint density at radius 3 is 2.60 bits per heavy atom. The van der Waals surface area contributed by atoms with Crippen LogP contribution in [0.5, 0.6) is 0 Å². The van der Waals surface area contributed by atoms with Gasteiger partial charge in [0.25, 0.3) is 0 Å². The van der Waals surface area contributed by atoms with Gasteiger partial charge in [0.05, 0.1) is 5.01 Å². The number of benzene rings is 1. The number of hydrogen-bond acceptors (Lipinski definition) is 3. The lowest BCUT2D eigenvalue weighted by Gasteiger charge is -2.00. The van der Waals surface area contributed by atoms with E-state index in [1.165, 1.54) is 17.4 Å². The molecular formula is C11H11FN2S. The van der Waals surface area contributed by atoms with E-state index in [0.29, 0.717) is 16.3 Å². The predicted octanol–water partition coefficient (Wildman–Crippen LogP) is 3.15. The summed E-state index contributed by atoms with van der Waals surface area (Å²) in [6.07, 6.45) is 0. The molecule has 0 unspecified atom stereocenters. The molecule has 0 spiro atoms. The Morgan fingerprint density at radius 1 is 1.33 bits per heavy atom. The normalized spacial score (nSPS) is 10.6. The van der Waals surface area contributed by atoms with Gasteiger partial charge in [-0.1, -0.05) is 12.1 Å². The number of aromatic nitrogens is 1. The summed E-state index contributed by atoms with van der Waals surface area (Å²) in [5.41, 5.74) is 7.84. The molecule has 0 aliphatic rings. The number of thiazole rings is 1. The fourth-order valence-corrected chi connectivity index (χ4v) is 2.11. The third-order valence-electron chi connectivity index (χ3n) is 2.21. The van der Waals surface area contributed by atoms with E-state index >= 15 is 0 Å². The Kier molecular flexibility index (Phi) is 2.44. The molecule has 2 aromatic rings. The standard InChI is InChI=1S/C11H11FN2S/c1-6-3-4-8(5-9(6)12)10-11(13)15-7(2)14-10/h3-5H,13H2,1-2H3. The minimum atomic E-state index is -0.224. The number of hydrogen-bond donors (Lipinski definition) is 1. The summed E-state index contributed by atoms with van der Waals surface area (Å²) in [7, 11) is 0. The van der Waals surface area contributed by atoms with Gasteiger partial charge in [-0.05, 0) is 25.5 Å². The third kappa shape index (κ3) is 1.85. The first kappa shape index (κ1) is 10.1. The van der Waals surface area contributed by atoms with Crippen molar-refractivity contribution >= 4 is 16.3 Å². The average Bonchev–Trinajstić information content (AvgIpc) is 2.50. The molecule has 0 fully saturated rings. The van der Waals surface area contributed by atoms with Crippen LogP contribution >= 0.6 is 11.3 Å². The molecule has 1 aromatic heterocycles. The molecule has 2 N–H and O–H groups in total. The summed E-state index contributed by atoms with van der Waals surface area (Å²) in [6, 6.07) is 5.04. The summed E-state index contributed by atoms with van der Waals surface area (Å²) >= 11 is 1.42. The molecule has 0 radical (unpaired) electrons. The molecule has 2 rings (SSSR count). The van der Waals surface area contributed by atoms with Crippen LogP contribution in [0.3, 0.4) is 0 Å². The van der Waals surface area contributed by atoms with Crippen molar-refractivity contribution in [2.75, 3.05) is 5.73 Å². The van der Waals surface area contributed by atoms with Crippen molar-refractivity contribution in [3.8, 4) is 11.3 Å². The number of anilines is 1. The smallest absolute Gasteiger partial charge is 0.126 e. The van der Waals surface area contributed by atoms with Gasteiger partial charge in [0.1, 0.15) is 16.5 Å². The van der Waals surface area contributed by atoms with E-state index in [0.717, 1.165) is 10.6 Å². The topological polar surface area (TPSA) is 38.9 Å². The minimum Gasteiger partial charge on any atom is -0.389 e. The zero-order valence-electron chi connectivity index (χ0n) is 8.54. The van der Waals surface area contributed by atoms with Crippen molar-refractivity contribution < 1.29 is 4.39 Å². The summed E-state index contributed by atoms with van der Waals surface area (Å²) in [6.45, 7) is 3.61. The van der Waals surface area contributed by atoms with E-state index in [1.54, 1.807) is 13.0 Å². The Bertz CT molecular complexity index is 505. The Balaban J connectivity index is 2.54. The van der Waals surface area contributed by atoms with Crippen LogP contribution in [0.1, 0.15) is 10.6 Å². The van der Waals surface area contributed by atoms with E-state index in [1.807, 2.05) is 13.0 Å². The lowest BCUT2D eigenvalue weighted by Crippen LogP contribution is -1.88. The van der Waals surface area contributed by atoms with Gasteiger partial charge in [0, 0.05) is 5.56 Å². The zero-order chi connectivity index (χ0) is 11.0. The molecule has 1 heterocycles. The number of nitrogens with two attached hydrogens (primary N) is 1. The van der Waals surface area contributed by atoms with Gasteiger partial charge in [-0.3, -0.25) is 0 Å². The van der Waals surface area contributed by atoms with Gasteiger partial charge in [-0.2, -0.15) is 0 Å². The second-order valence-corrected chi connectivity index (χ2v) is 4.64. The van der Waals surface area contributed by atoms with Crippen LogP contribution < -0.4 is 5.73 Å². The van der Waals surface area contributed by atoms with Gasteiger partial charge < -0.3 is 5.73 Å². The second kappa shape index (κ2) is 3.62. The van der Waals surface area contributed by atoms with Gasteiger partial charge in [-0.15, -0.1) is 11.3 Å². The number of halogens is 1. The molecule has 0 amide bonds. The Morgan fingerprint density at radius 2 is 2.07 bits per heavy atom. The quantitative estimate of drug-likeness (QED) is 0.805. The number of nitrogens with zero attached hydrogens (tertiary/aromatic N) is 1. The number of rotatable bonds is 1. The first-order valence-corrected chi connectivity index (χ1v) is 5.39. The molecule has 0 saturated carbocycles. The van der Waals surface area contributed by atoms with Crippen molar-refractivity contribution in [2.24, 2.45) is 0 Å². The third-order valence-corrected chi connectivity index (χ3v) is 3.01. The molecule has 0 atom stereocenters. The van der Waals surface area contributed by atoms with E-state index in [4.69, 9.17) is 5.73 Å². The first-order valence-electron chi connectivity index (χ1n) is 4.57. The number of nitrogen functional groups attached to an aromatic ring is 1. The largest absolute Gasteiger partial charge is 0.389 e. The van der Waals surface area contributed by atoms with Crippen LogP contribution in [0.15, 0.2) is 18.2 Å².